The highest BCUT2D eigenvalue weighted by Gasteiger charge is 2.13. The number of aromatic nitrogens is 4. The number of carbonyl (C=O) groups excluding carboxylic acids is 2. The first-order valence-corrected chi connectivity index (χ1v) is 7.40. The topological polar surface area (TPSA) is 116 Å². The van der Waals surface area contributed by atoms with Gasteiger partial charge in [-0.2, -0.15) is 0 Å². The van der Waals surface area contributed by atoms with Crippen LogP contribution in [-0.2, 0) is 7.05 Å². The van der Waals surface area contributed by atoms with E-state index < -0.39 is 5.91 Å². The standard InChI is InChI=1S/C14H12N6O2S/c1-20-13(17-18-19-20)8-3-2-4-9(7-8)16-14(22)11-6-5-10(23-11)12(15)21/h2-7H,1H3,(H2,15,21)(H,16,22). The molecular formula is C14H12N6O2S. The van der Waals surface area contributed by atoms with Gasteiger partial charge in [-0.15, -0.1) is 16.4 Å². The van der Waals surface area contributed by atoms with Crippen molar-refractivity contribution in [3.05, 3.63) is 46.2 Å². The summed E-state index contributed by atoms with van der Waals surface area (Å²) in [4.78, 5) is 24.0. The van der Waals surface area contributed by atoms with Crippen molar-refractivity contribution in [1.82, 2.24) is 20.2 Å². The van der Waals surface area contributed by atoms with Crippen molar-refractivity contribution < 1.29 is 9.59 Å². The average Bonchev–Trinajstić information content (AvgIpc) is 3.16. The van der Waals surface area contributed by atoms with E-state index in [0.29, 0.717) is 21.3 Å². The van der Waals surface area contributed by atoms with Crippen LogP contribution in [0.3, 0.4) is 0 Å². The number of rotatable bonds is 4. The number of carbonyl (C=O) groups is 2. The van der Waals surface area contributed by atoms with Crippen LogP contribution < -0.4 is 11.1 Å². The second-order valence-corrected chi connectivity index (χ2v) is 5.77. The van der Waals surface area contributed by atoms with Gasteiger partial charge in [0.2, 0.25) is 0 Å². The fourth-order valence-electron chi connectivity index (χ4n) is 2.00. The molecule has 0 bridgehead atoms. The number of thiophene rings is 1. The number of hydrogen-bond donors (Lipinski definition) is 2. The lowest BCUT2D eigenvalue weighted by atomic mass is 10.2. The Morgan fingerprint density at radius 1 is 1.22 bits per heavy atom. The molecular weight excluding hydrogens is 316 g/mol. The minimum atomic E-state index is -0.550. The molecule has 116 valence electrons. The number of anilines is 1. The third kappa shape index (κ3) is 3.09. The van der Waals surface area contributed by atoms with Crippen LogP contribution in [0.15, 0.2) is 36.4 Å². The molecule has 2 aromatic heterocycles. The van der Waals surface area contributed by atoms with Gasteiger partial charge >= 0.3 is 0 Å². The quantitative estimate of drug-likeness (QED) is 0.748. The molecule has 8 nitrogen and oxygen atoms in total. The van der Waals surface area contributed by atoms with E-state index in [1.807, 2.05) is 6.07 Å². The lowest BCUT2D eigenvalue weighted by Crippen LogP contribution is -2.10. The number of nitrogens with one attached hydrogen (secondary N) is 1. The van der Waals surface area contributed by atoms with E-state index >= 15 is 0 Å². The van der Waals surface area contributed by atoms with E-state index in [-0.39, 0.29) is 5.91 Å². The summed E-state index contributed by atoms with van der Waals surface area (Å²) in [6.45, 7) is 0. The predicted molar refractivity (Wildman–Crippen MR) is 85.0 cm³/mol. The summed E-state index contributed by atoms with van der Waals surface area (Å²) in [5.41, 5.74) is 6.57. The molecule has 0 aliphatic heterocycles. The maximum Gasteiger partial charge on any atom is 0.265 e. The number of primary amides is 1. The van der Waals surface area contributed by atoms with Crippen LogP contribution >= 0.6 is 11.3 Å². The highest BCUT2D eigenvalue weighted by atomic mass is 32.1. The fourth-order valence-corrected chi connectivity index (χ4v) is 2.75. The van der Waals surface area contributed by atoms with E-state index in [1.165, 1.54) is 6.07 Å². The number of aryl methyl sites for hydroxylation is 1. The number of nitrogens with two attached hydrogens (primary N) is 1. The van der Waals surface area contributed by atoms with Gasteiger partial charge in [0.1, 0.15) is 0 Å². The summed E-state index contributed by atoms with van der Waals surface area (Å²) >= 11 is 1.05. The first-order valence-electron chi connectivity index (χ1n) is 6.58. The molecule has 0 saturated heterocycles. The zero-order valence-electron chi connectivity index (χ0n) is 12.1. The fraction of sp³-hybridized carbons (Fsp3) is 0.0714. The Labute approximate surface area is 134 Å². The van der Waals surface area contributed by atoms with E-state index in [2.05, 4.69) is 20.8 Å². The molecule has 2 heterocycles. The summed E-state index contributed by atoms with van der Waals surface area (Å²) in [7, 11) is 1.73. The van der Waals surface area contributed by atoms with Crippen molar-refractivity contribution in [1.29, 1.82) is 0 Å². The van der Waals surface area contributed by atoms with Crippen LogP contribution in [0.1, 0.15) is 19.3 Å². The van der Waals surface area contributed by atoms with Gasteiger partial charge in [-0.3, -0.25) is 9.59 Å². The maximum absolute atomic E-state index is 12.2. The van der Waals surface area contributed by atoms with Crippen LogP contribution in [0.5, 0.6) is 0 Å². The van der Waals surface area contributed by atoms with Gasteiger partial charge in [-0.25, -0.2) is 4.68 Å². The zero-order chi connectivity index (χ0) is 16.4. The Morgan fingerprint density at radius 3 is 2.65 bits per heavy atom. The highest BCUT2D eigenvalue weighted by molar-refractivity contribution is 7.16. The first kappa shape index (κ1) is 14.9. The molecule has 23 heavy (non-hydrogen) atoms. The second kappa shape index (κ2) is 5.97. The van der Waals surface area contributed by atoms with Gasteiger partial charge in [-0.1, -0.05) is 12.1 Å². The number of hydrogen-bond acceptors (Lipinski definition) is 6. The number of benzene rings is 1. The van der Waals surface area contributed by atoms with E-state index in [9.17, 15) is 9.59 Å². The summed E-state index contributed by atoms with van der Waals surface area (Å²) in [6.07, 6.45) is 0. The Bertz CT molecular complexity index is 885. The van der Waals surface area contributed by atoms with Crippen molar-refractivity contribution in [2.75, 3.05) is 5.32 Å². The summed E-state index contributed by atoms with van der Waals surface area (Å²) in [5.74, 6) is -0.269. The van der Waals surface area contributed by atoms with Crippen molar-refractivity contribution in [2.24, 2.45) is 12.8 Å². The normalized spacial score (nSPS) is 10.5. The molecule has 0 aliphatic carbocycles. The van der Waals surface area contributed by atoms with Crippen LogP contribution in [-0.4, -0.2) is 32.0 Å². The molecule has 3 aromatic rings. The molecule has 3 N–H and O–H groups in total. The van der Waals surface area contributed by atoms with Gasteiger partial charge < -0.3 is 11.1 Å². The molecule has 0 aliphatic rings. The second-order valence-electron chi connectivity index (χ2n) is 4.69. The smallest absolute Gasteiger partial charge is 0.265 e. The van der Waals surface area contributed by atoms with E-state index in [4.69, 9.17) is 5.73 Å². The summed E-state index contributed by atoms with van der Waals surface area (Å²) in [6, 6.07) is 10.3. The van der Waals surface area contributed by atoms with Crippen LogP contribution in [0.4, 0.5) is 5.69 Å². The minimum Gasteiger partial charge on any atom is -0.365 e. The van der Waals surface area contributed by atoms with Gasteiger partial charge in [0.25, 0.3) is 11.8 Å². The maximum atomic E-state index is 12.2. The molecule has 0 saturated carbocycles. The Hall–Kier alpha value is -3.07. The van der Waals surface area contributed by atoms with Crippen LogP contribution in [0, 0.1) is 0 Å². The van der Waals surface area contributed by atoms with Gasteiger partial charge in [0, 0.05) is 18.3 Å². The molecule has 1 aromatic carbocycles. The lowest BCUT2D eigenvalue weighted by Gasteiger charge is -2.05. The molecule has 0 atom stereocenters. The van der Waals surface area contributed by atoms with Crippen molar-refractivity contribution >= 4 is 28.8 Å². The predicted octanol–water partition coefficient (Wildman–Crippen LogP) is 1.29. The lowest BCUT2D eigenvalue weighted by molar-refractivity contribution is 0.100. The number of tetrazole rings is 1. The van der Waals surface area contributed by atoms with E-state index in [1.54, 1.807) is 36.0 Å². The molecule has 0 fully saturated rings. The Kier molecular flexibility index (Phi) is 3.85. The monoisotopic (exact) mass is 328 g/mol. The molecule has 0 spiro atoms. The molecule has 3 rings (SSSR count). The first-order chi connectivity index (χ1) is 11.0. The highest BCUT2D eigenvalue weighted by Crippen LogP contribution is 2.21. The minimum absolute atomic E-state index is 0.309. The largest absolute Gasteiger partial charge is 0.365 e. The third-order valence-electron chi connectivity index (χ3n) is 3.07. The molecule has 2 amide bonds. The van der Waals surface area contributed by atoms with Crippen LogP contribution in [0.25, 0.3) is 11.4 Å². The third-order valence-corrected chi connectivity index (χ3v) is 4.17. The van der Waals surface area contributed by atoms with Gasteiger partial charge in [0.05, 0.1) is 9.75 Å². The van der Waals surface area contributed by atoms with Gasteiger partial charge in [0.15, 0.2) is 5.82 Å². The number of amides is 2. The SMILES string of the molecule is Cn1nnnc1-c1cccc(NC(=O)c2ccc(C(N)=O)s2)c1. The van der Waals surface area contributed by atoms with E-state index in [0.717, 1.165) is 16.9 Å². The van der Waals surface area contributed by atoms with Crippen molar-refractivity contribution in [2.45, 2.75) is 0 Å². The molecule has 0 unspecified atom stereocenters. The zero-order valence-corrected chi connectivity index (χ0v) is 12.9. The number of nitrogens with zero attached hydrogens (tertiary/aromatic N) is 4. The van der Waals surface area contributed by atoms with Gasteiger partial charge in [-0.05, 0) is 34.7 Å². The van der Waals surface area contributed by atoms with Crippen molar-refractivity contribution in [3.63, 3.8) is 0 Å². The summed E-state index contributed by atoms with van der Waals surface area (Å²) < 4.78 is 1.54. The van der Waals surface area contributed by atoms with Crippen molar-refractivity contribution in [3.8, 4) is 11.4 Å². The molecule has 9 heteroatoms. The Morgan fingerprint density at radius 2 is 2.00 bits per heavy atom. The Balaban J connectivity index is 1.81. The average molecular weight is 328 g/mol. The summed E-state index contributed by atoms with van der Waals surface area (Å²) in [5, 5.41) is 14.1. The van der Waals surface area contributed by atoms with Crippen LogP contribution in [0.2, 0.25) is 0 Å². The molecule has 0 radical (unpaired) electrons.